The highest BCUT2D eigenvalue weighted by Crippen LogP contribution is 2.29. The lowest BCUT2D eigenvalue weighted by molar-refractivity contribution is 0.0730. The molecule has 0 unspecified atom stereocenters. The number of hydrogen-bond acceptors (Lipinski definition) is 5. The Morgan fingerprint density at radius 3 is 2.55 bits per heavy atom. The third-order valence-corrected chi connectivity index (χ3v) is 7.44. The minimum absolute atomic E-state index is 0.226. The van der Waals surface area contributed by atoms with Crippen molar-refractivity contribution in [3.05, 3.63) is 53.9 Å². The summed E-state index contributed by atoms with van der Waals surface area (Å²) in [6.07, 6.45) is 1.83. The summed E-state index contributed by atoms with van der Waals surface area (Å²) in [4.78, 5) is 4.89. The topological polar surface area (TPSA) is 73.7 Å². The standard InChI is InChI=1S/C22H24ClN3O4S/c1-3-26-21-9-8-18(31(27,28)25-10-12-30-13-11-25)15-20(21)24-22(26)19(23)14-16-4-6-17(29-2)7-5-16/h4-9,14-15H,3,10-13H2,1-2H3/b19-14-. The van der Waals surface area contributed by atoms with Gasteiger partial charge in [0, 0.05) is 19.6 Å². The lowest BCUT2D eigenvalue weighted by Gasteiger charge is -2.26. The van der Waals surface area contributed by atoms with Gasteiger partial charge in [-0.15, -0.1) is 0 Å². The fourth-order valence-corrected chi connectivity index (χ4v) is 5.32. The second-order valence-electron chi connectivity index (χ2n) is 7.11. The normalized spacial score (nSPS) is 16.0. The Kier molecular flexibility index (Phi) is 6.34. The van der Waals surface area contributed by atoms with E-state index in [4.69, 9.17) is 21.1 Å². The molecule has 4 rings (SSSR count). The van der Waals surface area contributed by atoms with Crippen LogP contribution in [0.2, 0.25) is 0 Å². The van der Waals surface area contributed by atoms with Gasteiger partial charge in [-0.1, -0.05) is 23.7 Å². The number of halogens is 1. The zero-order valence-electron chi connectivity index (χ0n) is 17.4. The minimum atomic E-state index is -3.59. The van der Waals surface area contributed by atoms with Gasteiger partial charge >= 0.3 is 0 Å². The molecule has 0 amide bonds. The van der Waals surface area contributed by atoms with E-state index in [1.807, 2.05) is 41.8 Å². The van der Waals surface area contributed by atoms with Crippen LogP contribution in [0.3, 0.4) is 0 Å². The maximum absolute atomic E-state index is 13.0. The predicted molar refractivity (Wildman–Crippen MR) is 122 cm³/mol. The number of nitrogens with zero attached hydrogens (tertiary/aromatic N) is 3. The van der Waals surface area contributed by atoms with Crippen molar-refractivity contribution in [1.82, 2.24) is 13.9 Å². The molecule has 1 aliphatic heterocycles. The summed E-state index contributed by atoms with van der Waals surface area (Å²) in [5.41, 5.74) is 2.34. The van der Waals surface area contributed by atoms with Crippen LogP contribution in [-0.4, -0.2) is 55.7 Å². The van der Waals surface area contributed by atoms with Gasteiger partial charge in [-0.25, -0.2) is 13.4 Å². The average Bonchev–Trinajstić information content (AvgIpc) is 3.18. The van der Waals surface area contributed by atoms with Crippen molar-refractivity contribution in [2.24, 2.45) is 0 Å². The van der Waals surface area contributed by atoms with Crippen molar-refractivity contribution in [1.29, 1.82) is 0 Å². The van der Waals surface area contributed by atoms with Crippen LogP contribution in [0.15, 0.2) is 47.4 Å². The Hall–Kier alpha value is -2.39. The third-order valence-electron chi connectivity index (χ3n) is 5.27. The number of rotatable bonds is 6. The van der Waals surface area contributed by atoms with E-state index in [2.05, 4.69) is 4.98 Å². The summed E-state index contributed by atoms with van der Waals surface area (Å²) in [7, 11) is -1.97. The van der Waals surface area contributed by atoms with Crippen molar-refractivity contribution in [3.8, 4) is 5.75 Å². The van der Waals surface area contributed by atoms with Crippen LogP contribution in [0.25, 0.3) is 22.1 Å². The molecule has 1 saturated heterocycles. The molecule has 9 heteroatoms. The van der Waals surface area contributed by atoms with Crippen molar-refractivity contribution < 1.29 is 17.9 Å². The van der Waals surface area contributed by atoms with Gasteiger partial charge in [0.15, 0.2) is 5.82 Å². The highest BCUT2D eigenvalue weighted by atomic mass is 35.5. The fraction of sp³-hybridized carbons (Fsp3) is 0.318. The van der Waals surface area contributed by atoms with Crippen molar-refractivity contribution in [2.75, 3.05) is 33.4 Å². The minimum Gasteiger partial charge on any atom is -0.497 e. The van der Waals surface area contributed by atoms with Gasteiger partial charge in [0.25, 0.3) is 0 Å². The van der Waals surface area contributed by atoms with E-state index < -0.39 is 10.0 Å². The lowest BCUT2D eigenvalue weighted by Crippen LogP contribution is -2.40. The number of imidazole rings is 1. The molecule has 164 valence electrons. The van der Waals surface area contributed by atoms with Gasteiger partial charge in [0.2, 0.25) is 10.0 Å². The molecule has 2 heterocycles. The molecule has 1 aromatic heterocycles. The van der Waals surface area contributed by atoms with Crippen molar-refractivity contribution >= 4 is 43.8 Å². The second kappa shape index (κ2) is 9.00. The van der Waals surface area contributed by atoms with Crippen LogP contribution in [0.4, 0.5) is 0 Å². The molecule has 0 aliphatic carbocycles. The Morgan fingerprint density at radius 2 is 1.90 bits per heavy atom. The van der Waals surface area contributed by atoms with Crippen LogP contribution in [-0.2, 0) is 21.3 Å². The molecular weight excluding hydrogens is 438 g/mol. The highest BCUT2D eigenvalue weighted by Gasteiger charge is 2.27. The maximum Gasteiger partial charge on any atom is 0.243 e. The molecule has 1 aliphatic rings. The first-order valence-corrected chi connectivity index (χ1v) is 11.9. The molecule has 0 bridgehead atoms. The number of fused-ring (bicyclic) bond motifs is 1. The number of aryl methyl sites for hydroxylation is 1. The van der Waals surface area contributed by atoms with Crippen molar-refractivity contribution in [3.63, 3.8) is 0 Å². The Bertz CT molecular complexity index is 1210. The summed E-state index contributed by atoms with van der Waals surface area (Å²) in [5, 5.41) is 0.473. The third kappa shape index (κ3) is 4.34. The number of hydrogen-bond donors (Lipinski definition) is 0. The zero-order chi connectivity index (χ0) is 22.0. The molecule has 0 radical (unpaired) electrons. The molecular formula is C22H24ClN3O4S. The van der Waals surface area contributed by atoms with Crippen molar-refractivity contribution in [2.45, 2.75) is 18.4 Å². The molecule has 3 aromatic rings. The summed E-state index contributed by atoms with van der Waals surface area (Å²) in [6, 6.07) is 12.6. The van der Waals surface area contributed by atoms with Crippen LogP contribution < -0.4 is 4.74 Å². The van der Waals surface area contributed by atoms with E-state index >= 15 is 0 Å². The lowest BCUT2D eigenvalue weighted by atomic mass is 10.2. The van der Waals surface area contributed by atoms with Crippen LogP contribution in [0, 0.1) is 0 Å². The number of aromatic nitrogens is 2. The maximum atomic E-state index is 13.0. The first-order chi connectivity index (χ1) is 14.9. The second-order valence-corrected chi connectivity index (χ2v) is 9.46. The van der Waals surface area contributed by atoms with Crippen LogP contribution in [0.1, 0.15) is 18.3 Å². The summed E-state index contributed by atoms with van der Waals surface area (Å²) in [5.74, 6) is 1.36. The predicted octanol–water partition coefficient (Wildman–Crippen LogP) is 3.82. The van der Waals surface area contributed by atoms with E-state index in [1.54, 1.807) is 25.3 Å². The van der Waals surface area contributed by atoms with E-state index in [0.29, 0.717) is 49.2 Å². The number of methoxy groups -OCH3 is 1. The van der Waals surface area contributed by atoms with Gasteiger partial charge in [0.05, 0.1) is 41.3 Å². The van der Waals surface area contributed by atoms with E-state index in [0.717, 1.165) is 16.8 Å². The van der Waals surface area contributed by atoms with Gasteiger partial charge in [-0.3, -0.25) is 0 Å². The summed E-state index contributed by atoms with van der Waals surface area (Å²) in [6.45, 7) is 4.16. The molecule has 31 heavy (non-hydrogen) atoms. The monoisotopic (exact) mass is 461 g/mol. The SMILES string of the molecule is CCn1c(/C(Cl)=C/c2ccc(OC)cc2)nc2cc(S(=O)(=O)N3CCOCC3)ccc21. The molecule has 0 spiro atoms. The van der Waals surface area contributed by atoms with Crippen LogP contribution >= 0.6 is 11.6 Å². The fourth-order valence-electron chi connectivity index (χ4n) is 3.62. The van der Waals surface area contributed by atoms with E-state index in [1.165, 1.54) is 4.31 Å². The van der Waals surface area contributed by atoms with Crippen LogP contribution in [0.5, 0.6) is 5.75 Å². The van der Waals surface area contributed by atoms with Gasteiger partial charge in [-0.2, -0.15) is 4.31 Å². The smallest absolute Gasteiger partial charge is 0.243 e. The molecule has 0 N–H and O–H groups in total. The average molecular weight is 462 g/mol. The number of benzene rings is 2. The first-order valence-electron chi connectivity index (χ1n) is 10.0. The number of ether oxygens (including phenoxy) is 2. The quantitative estimate of drug-likeness (QED) is 0.558. The highest BCUT2D eigenvalue weighted by molar-refractivity contribution is 7.89. The largest absolute Gasteiger partial charge is 0.497 e. The summed E-state index contributed by atoms with van der Waals surface area (Å²) >= 11 is 6.63. The Labute approximate surface area is 186 Å². The van der Waals surface area contributed by atoms with E-state index in [-0.39, 0.29) is 4.90 Å². The molecule has 0 saturated carbocycles. The van der Waals surface area contributed by atoms with Gasteiger partial charge in [0.1, 0.15) is 5.75 Å². The zero-order valence-corrected chi connectivity index (χ0v) is 19.0. The van der Waals surface area contributed by atoms with Gasteiger partial charge < -0.3 is 14.0 Å². The number of morpholine rings is 1. The molecule has 7 nitrogen and oxygen atoms in total. The van der Waals surface area contributed by atoms with E-state index in [9.17, 15) is 8.42 Å². The summed E-state index contributed by atoms with van der Waals surface area (Å²) < 4.78 is 39.9. The molecule has 0 atom stereocenters. The Morgan fingerprint density at radius 1 is 1.19 bits per heavy atom. The Balaban J connectivity index is 1.72. The number of sulfonamides is 1. The first kappa shape index (κ1) is 21.8. The van der Waals surface area contributed by atoms with Gasteiger partial charge in [-0.05, 0) is 48.9 Å². The molecule has 2 aromatic carbocycles. The molecule has 1 fully saturated rings.